The Kier molecular flexibility index (Phi) is 6.45. The number of thiol groups is 1. The van der Waals surface area contributed by atoms with Crippen molar-refractivity contribution < 1.29 is 4.79 Å². The lowest BCUT2D eigenvalue weighted by molar-refractivity contribution is -0.132. The summed E-state index contributed by atoms with van der Waals surface area (Å²) < 4.78 is 0. The van der Waals surface area contributed by atoms with Crippen LogP contribution in [0.2, 0.25) is 0 Å². The van der Waals surface area contributed by atoms with Crippen LogP contribution < -0.4 is 5.73 Å². The van der Waals surface area contributed by atoms with Crippen LogP contribution in [0.25, 0.3) is 0 Å². The molecule has 25 heavy (non-hydrogen) atoms. The summed E-state index contributed by atoms with van der Waals surface area (Å²) in [6.45, 7) is 1.76. The molecule has 1 heterocycles. The van der Waals surface area contributed by atoms with Crippen molar-refractivity contribution in [2.45, 2.75) is 62.8 Å². The zero-order chi connectivity index (χ0) is 17.8. The molecule has 0 bridgehead atoms. The summed E-state index contributed by atoms with van der Waals surface area (Å²) in [4.78, 5) is 14.9. The van der Waals surface area contributed by atoms with E-state index in [1.807, 2.05) is 0 Å². The lowest BCUT2D eigenvalue weighted by atomic mass is 9.77. The lowest BCUT2D eigenvalue weighted by Gasteiger charge is -2.28. The molecule has 3 nitrogen and oxygen atoms in total. The minimum absolute atomic E-state index is 0.227. The molecule has 0 radical (unpaired) electrons. The van der Waals surface area contributed by atoms with Gasteiger partial charge in [-0.3, -0.25) is 4.79 Å². The minimum atomic E-state index is 0.227. The first-order valence-corrected chi connectivity index (χ1v) is 10.7. The van der Waals surface area contributed by atoms with Gasteiger partial charge in [-0.15, -0.1) is 0 Å². The SMILES string of the molecule is CS.NC1CCCN(C(=O)C2CC2c2ccccc2C2CCC2)CC1. The third kappa shape index (κ3) is 4.22. The highest BCUT2D eigenvalue weighted by Gasteiger charge is 2.47. The van der Waals surface area contributed by atoms with Crippen LogP contribution in [0.4, 0.5) is 0 Å². The number of hydrogen-bond acceptors (Lipinski definition) is 3. The first kappa shape index (κ1) is 18.8. The van der Waals surface area contributed by atoms with Gasteiger partial charge in [0, 0.05) is 25.0 Å². The summed E-state index contributed by atoms with van der Waals surface area (Å²) in [7, 11) is 0. The van der Waals surface area contributed by atoms with E-state index in [9.17, 15) is 4.79 Å². The molecular formula is C21H32N2OS. The van der Waals surface area contributed by atoms with Crippen molar-refractivity contribution in [3.63, 3.8) is 0 Å². The number of likely N-dealkylation sites (tertiary alicyclic amines) is 1. The molecule has 1 aromatic carbocycles. The Labute approximate surface area is 157 Å². The molecule has 4 heteroatoms. The molecule has 2 N–H and O–H groups in total. The van der Waals surface area contributed by atoms with E-state index < -0.39 is 0 Å². The molecule has 0 spiro atoms. The van der Waals surface area contributed by atoms with Crippen molar-refractivity contribution in [2.24, 2.45) is 11.7 Å². The maximum Gasteiger partial charge on any atom is 0.226 e. The van der Waals surface area contributed by atoms with Crippen molar-refractivity contribution >= 4 is 18.5 Å². The van der Waals surface area contributed by atoms with Gasteiger partial charge in [0.2, 0.25) is 5.91 Å². The number of rotatable bonds is 3. The molecule has 2 aliphatic carbocycles. The number of amides is 1. The first-order valence-electron chi connectivity index (χ1n) is 9.82. The van der Waals surface area contributed by atoms with Gasteiger partial charge < -0.3 is 10.6 Å². The minimum Gasteiger partial charge on any atom is -0.342 e. The maximum absolute atomic E-state index is 12.9. The molecule has 3 fully saturated rings. The summed E-state index contributed by atoms with van der Waals surface area (Å²) in [6.07, 6.45) is 9.83. The summed E-state index contributed by atoms with van der Waals surface area (Å²) in [5, 5.41) is 0. The number of nitrogens with two attached hydrogens (primary N) is 1. The van der Waals surface area contributed by atoms with Crippen molar-refractivity contribution in [1.82, 2.24) is 4.90 Å². The van der Waals surface area contributed by atoms with Gasteiger partial charge in [-0.2, -0.15) is 12.6 Å². The zero-order valence-electron chi connectivity index (χ0n) is 15.4. The maximum atomic E-state index is 12.9. The summed E-state index contributed by atoms with van der Waals surface area (Å²) in [5.41, 5.74) is 9.03. The Morgan fingerprint density at radius 1 is 1.04 bits per heavy atom. The fourth-order valence-corrected chi connectivity index (χ4v) is 4.33. The Morgan fingerprint density at radius 2 is 1.76 bits per heavy atom. The number of carbonyl (C=O) groups excluding carboxylic acids is 1. The molecule has 138 valence electrons. The van der Waals surface area contributed by atoms with E-state index in [2.05, 4.69) is 41.8 Å². The molecular weight excluding hydrogens is 328 g/mol. The van der Waals surface area contributed by atoms with E-state index in [1.54, 1.807) is 6.26 Å². The molecule has 1 aliphatic heterocycles. The van der Waals surface area contributed by atoms with E-state index in [1.165, 1.54) is 30.4 Å². The third-order valence-corrected chi connectivity index (χ3v) is 6.13. The second kappa shape index (κ2) is 8.59. The Bertz CT molecular complexity index is 587. The average Bonchev–Trinajstić information content (AvgIpc) is 3.40. The van der Waals surface area contributed by atoms with Crippen LogP contribution in [0.3, 0.4) is 0 Å². The fraction of sp³-hybridized carbons (Fsp3) is 0.667. The van der Waals surface area contributed by atoms with Crippen LogP contribution in [0.5, 0.6) is 0 Å². The fourth-order valence-electron chi connectivity index (χ4n) is 4.33. The van der Waals surface area contributed by atoms with Gasteiger partial charge >= 0.3 is 0 Å². The summed E-state index contributed by atoms with van der Waals surface area (Å²) in [6, 6.07) is 9.14. The molecule has 1 aromatic rings. The number of hydrogen-bond donors (Lipinski definition) is 2. The highest BCUT2D eigenvalue weighted by Crippen LogP contribution is 2.52. The van der Waals surface area contributed by atoms with E-state index >= 15 is 0 Å². The molecule has 2 saturated carbocycles. The molecule has 3 aliphatic rings. The topological polar surface area (TPSA) is 46.3 Å². The van der Waals surface area contributed by atoms with Crippen molar-refractivity contribution in [2.75, 3.05) is 19.3 Å². The predicted molar refractivity (Wildman–Crippen MR) is 107 cm³/mol. The third-order valence-electron chi connectivity index (χ3n) is 6.13. The van der Waals surface area contributed by atoms with Gasteiger partial charge in [0.05, 0.1) is 0 Å². The normalized spacial score (nSPS) is 29.1. The van der Waals surface area contributed by atoms with Crippen LogP contribution in [-0.4, -0.2) is 36.2 Å². The summed E-state index contributed by atoms with van der Waals surface area (Å²) >= 11 is 3.53. The van der Waals surface area contributed by atoms with Crippen molar-refractivity contribution in [3.8, 4) is 0 Å². The number of carbonyl (C=O) groups is 1. The molecule has 1 amide bonds. The van der Waals surface area contributed by atoms with Gasteiger partial charge in [0.1, 0.15) is 0 Å². The van der Waals surface area contributed by atoms with E-state index in [-0.39, 0.29) is 12.0 Å². The second-order valence-corrected chi connectivity index (χ2v) is 7.72. The largest absolute Gasteiger partial charge is 0.342 e. The highest BCUT2D eigenvalue weighted by atomic mass is 32.1. The zero-order valence-corrected chi connectivity index (χ0v) is 16.3. The monoisotopic (exact) mass is 360 g/mol. The van der Waals surface area contributed by atoms with Crippen LogP contribution in [0, 0.1) is 5.92 Å². The Hall–Kier alpha value is -1.00. The van der Waals surface area contributed by atoms with Crippen molar-refractivity contribution in [3.05, 3.63) is 35.4 Å². The van der Waals surface area contributed by atoms with Gasteiger partial charge in [0.25, 0.3) is 0 Å². The van der Waals surface area contributed by atoms with Crippen LogP contribution >= 0.6 is 12.6 Å². The van der Waals surface area contributed by atoms with Crippen LogP contribution in [0.15, 0.2) is 24.3 Å². The smallest absolute Gasteiger partial charge is 0.226 e. The van der Waals surface area contributed by atoms with Crippen LogP contribution in [0.1, 0.15) is 67.9 Å². The number of nitrogens with zero attached hydrogens (tertiary/aromatic N) is 1. The summed E-state index contributed by atoms with van der Waals surface area (Å²) in [5.74, 6) is 1.83. The molecule has 1 saturated heterocycles. The Morgan fingerprint density at radius 3 is 2.44 bits per heavy atom. The molecule has 4 rings (SSSR count). The quantitative estimate of drug-likeness (QED) is 0.802. The second-order valence-electron chi connectivity index (χ2n) is 7.72. The molecule has 3 atom stereocenters. The van der Waals surface area contributed by atoms with Gasteiger partial charge in [-0.25, -0.2) is 0 Å². The van der Waals surface area contributed by atoms with Crippen LogP contribution in [-0.2, 0) is 4.79 Å². The van der Waals surface area contributed by atoms with Gasteiger partial charge in [-0.05, 0) is 67.7 Å². The highest BCUT2D eigenvalue weighted by molar-refractivity contribution is 7.79. The lowest BCUT2D eigenvalue weighted by Crippen LogP contribution is -2.34. The first-order chi connectivity index (χ1) is 12.2. The average molecular weight is 361 g/mol. The van der Waals surface area contributed by atoms with E-state index in [0.29, 0.717) is 11.8 Å². The number of benzene rings is 1. The van der Waals surface area contributed by atoms with E-state index in [4.69, 9.17) is 5.73 Å². The molecule has 0 aromatic heterocycles. The Balaban J connectivity index is 0.000000880. The molecule has 3 unspecified atom stereocenters. The van der Waals surface area contributed by atoms with E-state index in [0.717, 1.165) is 44.7 Å². The van der Waals surface area contributed by atoms with Gasteiger partial charge in [-0.1, -0.05) is 30.7 Å². The predicted octanol–water partition coefficient (Wildman–Crippen LogP) is 3.94. The standard InChI is InChI=1S/C20H28N2O.CH4S/c21-15-7-4-11-22(12-10-15)20(23)19-13-18(19)17-9-2-1-8-16(17)14-5-3-6-14;1-2/h1-2,8-9,14-15,18-19H,3-7,10-13,21H2;2H,1H3. The van der Waals surface area contributed by atoms with Gasteiger partial charge in [0.15, 0.2) is 0 Å². The van der Waals surface area contributed by atoms with Crippen molar-refractivity contribution in [1.29, 1.82) is 0 Å².